The molecule has 6 heteroatoms. The second kappa shape index (κ2) is 10.5. The highest BCUT2D eigenvalue weighted by atomic mass is 16.1. The van der Waals surface area contributed by atoms with E-state index in [0.29, 0.717) is 18.2 Å². The van der Waals surface area contributed by atoms with Crippen LogP contribution in [0, 0.1) is 0 Å². The summed E-state index contributed by atoms with van der Waals surface area (Å²) in [6.07, 6.45) is 6.68. The molecular weight excluding hydrogens is 374 g/mol. The van der Waals surface area contributed by atoms with Crippen LogP contribution in [0.2, 0.25) is 0 Å². The fourth-order valence-corrected chi connectivity index (χ4v) is 4.36. The molecule has 2 saturated heterocycles. The van der Waals surface area contributed by atoms with Crippen molar-refractivity contribution >= 4 is 11.7 Å². The molecule has 160 valence electrons. The molecule has 4 rings (SSSR count). The second-order valence-corrected chi connectivity index (χ2v) is 8.28. The molecule has 1 unspecified atom stereocenters. The number of carbonyl (C=O) groups is 1. The van der Waals surface area contributed by atoms with Gasteiger partial charge in [-0.15, -0.1) is 0 Å². The molecule has 1 atom stereocenters. The SMILES string of the molecule is O=C(NCCCN1CCCCC1)c1ccc(N2CCNC(c3ccccc3)C2)nc1. The maximum absolute atomic E-state index is 12.4. The molecule has 30 heavy (non-hydrogen) atoms. The van der Waals surface area contributed by atoms with Crippen LogP contribution in [-0.2, 0) is 0 Å². The highest BCUT2D eigenvalue weighted by Crippen LogP contribution is 2.21. The summed E-state index contributed by atoms with van der Waals surface area (Å²) in [6, 6.07) is 14.7. The monoisotopic (exact) mass is 407 g/mol. The summed E-state index contributed by atoms with van der Waals surface area (Å²) in [7, 11) is 0. The topological polar surface area (TPSA) is 60.5 Å². The van der Waals surface area contributed by atoms with Gasteiger partial charge in [0.2, 0.25) is 0 Å². The average Bonchev–Trinajstić information content (AvgIpc) is 2.83. The van der Waals surface area contributed by atoms with Gasteiger partial charge in [0.05, 0.1) is 5.56 Å². The van der Waals surface area contributed by atoms with Gasteiger partial charge in [0, 0.05) is 38.4 Å². The molecule has 2 aromatic rings. The van der Waals surface area contributed by atoms with Gasteiger partial charge in [0.15, 0.2) is 0 Å². The first kappa shape index (κ1) is 20.8. The Morgan fingerprint density at radius 2 is 1.90 bits per heavy atom. The number of nitrogens with zero attached hydrogens (tertiary/aromatic N) is 3. The molecule has 2 N–H and O–H groups in total. The Labute approximate surface area is 179 Å². The van der Waals surface area contributed by atoms with E-state index in [1.54, 1.807) is 6.20 Å². The Bertz CT molecular complexity index is 789. The van der Waals surface area contributed by atoms with Crippen LogP contribution in [0.3, 0.4) is 0 Å². The van der Waals surface area contributed by atoms with E-state index in [4.69, 9.17) is 0 Å². The van der Waals surface area contributed by atoms with E-state index in [0.717, 1.165) is 38.4 Å². The molecule has 1 aromatic heterocycles. The summed E-state index contributed by atoms with van der Waals surface area (Å²) in [5.41, 5.74) is 1.93. The van der Waals surface area contributed by atoms with Crippen molar-refractivity contribution in [3.8, 4) is 0 Å². The van der Waals surface area contributed by atoms with E-state index >= 15 is 0 Å². The Morgan fingerprint density at radius 3 is 2.67 bits per heavy atom. The lowest BCUT2D eigenvalue weighted by Crippen LogP contribution is -2.46. The Hall–Kier alpha value is -2.44. The minimum Gasteiger partial charge on any atom is -0.353 e. The van der Waals surface area contributed by atoms with Crippen molar-refractivity contribution in [3.63, 3.8) is 0 Å². The third-order valence-electron chi connectivity index (χ3n) is 6.10. The highest BCUT2D eigenvalue weighted by molar-refractivity contribution is 5.94. The van der Waals surface area contributed by atoms with Crippen LogP contribution in [0.4, 0.5) is 5.82 Å². The van der Waals surface area contributed by atoms with Crippen molar-refractivity contribution in [1.82, 2.24) is 20.5 Å². The van der Waals surface area contributed by atoms with Crippen LogP contribution in [0.1, 0.15) is 47.6 Å². The standard InChI is InChI=1S/C24H33N5O/c30-24(26-12-7-16-28-14-5-2-6-15-28)21-10-11-23(27-18-21)29-17-13-25-22(19-29)20-8-3-1-4-9-20/h1,3-4,8-11,18,22,25H,2,5-7,12-17,19H2,(H,26,30). The first-order chi connectivity index (χ1) is 14.8. The molecule has 0 radical (unpaired) electrons. The maximum Gasteiger partial charge on any atom is 0.252 e. The predicted molar refractivity (Wildman–Crippen MR) is 121 cm³/mol. The van der Waals surface area contributed by atoms with Gasteiger partial charge >= 0.3 is 0 Å². The molecule has 2 fully saturated rings. The third-order valence-corrected chi connectivity index (χ3v) is 6.10. The minimum atomic E-state index is -0.0323. The molecule has 0 bridgehead atoms. The van der Waals surface area contributed by atoms with Gasteiger partial charge in [-0.1, -0.05) is 36.8 Å². The molecule has 0 saturated carbocycles. The van der Waals surface area contributed by atoms with Crippen molar-refractivity contribution in [2.24, 2.45) is 0 Å². The number of carbonyl (C=O) groups excluding carboxylic acids is 1. The number of amides is 1. The Morgan fingerprint density at radius 1 is 1.07 bits per heavy atom. The number of piperidine rings is 1. The first-order valence-corrected chi connectivity index (χ1v) is 11.3. The molecular formula is C24H33N5O. The van der Waals surface area contributed by atoms with Gasteiger partial charge in [-0.05, 0) is 56.6 Å². The molecule has 3 heterocycles. The van der Waals surface area contributed by atoms with Gasteiger partial charge in [-0.25, -0.2) is 4.98 Å². The minimum absolute atomic E-state index is 0.0323. The van der Waals surface area contributed by atoms with Crippen LogP contribution in [0.25, 0.3) is 0 Å². The number of nitrogens with one attached hydrogen (secondary N) is 2. The highest BCUT2D eigenvalue weighted by Gasteiger charge is 2.21. The number of hydrogen-bond donors (Lipinski definition) is 2. The van der Waals surface area contributed by atoms with Crippen LogP contribution in [-0.4, -0.2) is 61.6 Å². The maximum atomic E-state index is 12.4. The average molecular weight is 408 g/mol. The molecule has 0 spiro atoms. The smallest absolute Gasteiger partial charge is 0.252 e. The van der Waals surface area contributed by atoms with Crippen molar-refractivity contribution < 1.29 is 4.79 Å². The quantitative estimate of drug-likeness (QED) is 0.691. The third kappa shape index (κ3) is 5.58. The lowest BCUT2D eigenvalue weighted by atomic mass is 10.0. The molecule has 0 aliphatic carbocycles. The van der Waals surface area contributed by atoms with Crippen molar-refractivity contribution in [1.29, 1.82) is 0 Å². The van der Waals surface area contributed by atoms with Crippen molar-refractivity contribution in [2.75, 3.05) is 50.7 Å². The van der Waals surface area contributed by atoms with E-state index < -0.39 is 0 Å². The largest absolute Gasteiger partial charge is 0.353 e. The van der Waals surface area contributed by atoms with Gasteiger partial charge in [0.1, 0.15) is 5.82 Å². The lowest BCUT2D eigenvalue weighted by Gasteiger charge is -2.34. The van der Waals surface area contributed by atoms with Gasteiger partial charge in [-0.3, -0.25) is 4.79 Å². The number of aromatic nitrogens is 1. The van der Waals surface area contributed by atoms with Crippen LogP contribution in [0.5, 0.6) is 0 Å². The predicted octanol–water partition coefficient (Wildman–Crippen LogP) is 2.84. The normalized spacial score (nSPS) is 20.1. The molecule has 1 amide bonds. The number of rotatable bonds is 7. The molecule has 2 aliphatic rings. The van der Waals surface area contributed by atoms with Crippen molar-refractivity contribution in [2.45, 2.75) is 31.7 Å². The first-order valence-electron chi connectivity index (χ1n) is 11.3. The van der Waals surface area contributed by atoms with Gasteiger partial charge in [-0.2, -0.15) is 0 Å². The summed E-state index contributed by atoms with van der Waals surface area (Å²) in [5.74, 6) is 0.897. The fourth-order valence-electron chi connectivity index (χ4n) is 4.36. The zero-order valence-electron chi connectivity index (χ0n) is 17.7. The number of hydrogen-bond acceptors (Lipinski definition) is 5. The van der Waals surface area contributed by atoms with E-state index in [-0.39, 0.29) is 5.91 Å². The molecule has 1 aromatic carbocycles. The van der Waals surface area contributed by atoms with Gasteiger partial charge in [0.25, 0.3) is 5.91 Å². The molecule has 2 aliphatic heterocycles. The Balaban J connectivity index is 1.25. The number of likely N-dealkylation sites (tertiary alicyclic amines) is 1. The Kier molecular flexibility index (Phi) is 7.32. The summed E-state index contributed by atoms with van der Waals surface area (Å²) >= 11 is 0. The number of piperazine rings is 1. The summed E-state index contributed by atoms with van der Waals surface area (Å²) in [6.45, 7) is 6.90. The fraction of sp³-hybridized carbons (Fsp3) is 0.500. The summed E-state index contributed by atoms with van der Waals surface area (Å²) < 4.78 is 0. The van der Waals surface area contributed by atoms with E-state index in [1.807, 2.05) is 18.2 Å². The van der Waals surface area contributed by atoms with Crippen LogP contribution >= 0.6 is 0 Å². The van der Waals surface area contributed by atoms with Crippen molar-refractivity contribution in [3.05, 3.63) is 59.8 Å². The number of anilines is 1. The van der Waals surface area contributed by atoms with E-state index in [9.17, 15) is 4.79 Å². The summed E-state index contributed by atoms with van der Waals surface area (Å²) in [4.78, 5) is 21.8. The zero-order valence-corrected chi connectivity index (χ0v) is 17.7. The lowest BCUT2D eigenvalue weighted by molar-refractivity contribution is 0.0950. The molecule has 6 nitrogen and oxygen atoms in total. The zero-order chi connectivity index (χ0) is 20.6. The van der Waals surface area contributed by atoms with Crippen LogP contribution in [0.15, 0.2) is 48.7 Å². The van der Waals surface area contributed by atoms with Crippen LogP contribution < -0.4 is 15.5 Å². The number of benzene rings is 1. The van der Waals surface area contributed by atoms with E-state index in [1.165, 1.54) is 37.9 Å². The number of pyridine rings is 1. The summed E-state index contributed by atoms with van der Waals surface area (Å²) in [5, 5.41) is 6.62. The van der Waals surface area contributed by atoms with E-state index in [2.05, 4.69) is 49.7 Å². The second-order valence-electron chi connectivity index (χ2n) is 8.28. The van der Waals surface area contributed by atoms with Gasteiger partial charge < -0.3 is 20.4 Å².